The van der Waals surface area contributed by atoms with E-state index in [0.717, 1.165) is 22.7 Å². The third-order valence-corrected chi connectivity index (χ3v) is 16.3. The maximum absolute atomic E-state index is 2.61. The molecule has 13 aromatic rings. The molecule has 0 aliphatic carbocycles. The molecule has 0 N–H and O–H groups in total. The Bertz CT molecular complexity index is 4360. The lowest BCUT2D eigenvalue weighted by atomic mass is 9.33. The highest BCUT2D eigenvalue weighted by Crippen LogP contribution is 2.49. The number of rotatable bonds is 6. The van der Waals surface area contributed by atoms with E-state index in [1.165, 1.54) is 116 Å². The Morgan fingerprint density at radius 2 is 0.750 bits per heavy atom. The number of aromatic nitrogens is 2. The first-order chi connectivity index (χ1) is 37.3. The molecule has 0 unspecified atom stereocenters. The standard InChI is InChI=1S/C71H53BN4/c1-46-41-68-70-69(42-46)76(65-40-33-50(71(2,3)4)43-58(65)49-21-9-6-10-22-49)67-45-53(75-63-29-17-13-25-56(63)57-26-14-18-30-64(57)75)37-39-60(67)72(70)59-38-36-52(74-61-27-15-11-23-54(61)55-24-12-16-28-62(55)74)44-66(59)73(68)51-34-31-48(32-35-51)47-19-7-5-8-20-47/h5-45H,1-4H3. The second-order valence-corrected chi connectivity index (χ2v) is 21.8. The molecule has 4 nitrogen and oxygen atoms in total. The fraction of sp³-hybridized carbons (Fsp3) is 0.0704. The maximum Gasteiger partial charge on any atom is 0.252 e. The van der Waals surface area contributed by atoms with Crippen LogP contribution in [0.2, 0.25) is 0 Å². The number of aryl methyl sites for hydroxylation is 1. The summed E-state index contributed by atoms with van der Waals surface area (Å²) in [6.45, 7) is 9.14. The predicted octanol–water partition coefficient (Wildman–Crippen LogP) is 16.9. The maximum atomic E-state index is 2.61. The van der Waals surface area contributed by atoms with Crippen molar-refractivity contribution in [1.82, 2.24) is 9.13 Å². The van der Waals surface area contributed by atoms with Gasteiger partial charge in [0, 0.05) is 66.9 Å². The summed E-state index contributed by atoms with van der Waals surface area (Å²) in [6.07, 6.45) is 0. The van der Waals surface area contributed by atoms with Crippen molar-refractivity contribution in [2.75, 3.05) is 9.80 Å². The molecule has 76 heavy (non-hydrogen) atoms. The van der Waals surface area contributed by atoms with Crippen molar-refractivity contribution in [2.45, 2.75) is 33.1 Å². The van der Waals surface area contributed by atoms with E-state index < -0.39 is 0 Å². The summed E-state index contributed by atoms with van der Waals surface area (Å²) in [5, 5.41) is 5.00. The highest BCUT2D eigenvalue weighted by atomic mass is 15.2. The largest absolute Gasteiger partial charge is 0.311 e. The highest BCUT2D eigenvalue weighted by Gasteiger charge is 2.44. The van der Waals surface area contributed by atoms with Crippen LogP contribution in [0.5, 0.6) is 0 Å². The van der Waals surface area contributed by atoms with E-state index in [2.05, 4.69) is 295 Å². The molecule has 0 amide bonds. The number of para-hydroxylation sites is 4. The lowest BCUT2D eigenvalue weighted by Crippen LogP contribution is -2.61. The van der Waals surface area contributed by atoms with Gasteiger partial charge in [-0.3, -0.25) is 0 Å². The first-order valence-electron chi connectivity index (χ1n) is 26.6. The zero-order valence-electron chi connectivity index (χ0n) is 43.0. The molecule has 2 aliphatic heterocycles. The number of anilines is 6. The Kier molecular flexibility index (Phi) is 9.80. The van der Waals surface area contributed by atoms with Crippen LogP contribution in [-0.4, -0.2) is 15.8 Å². The molecule has 0 bridgehead atoms. The molecule has 0 saturated carbocycles. The average Bonchev–Trinajstić information content (AvgIpc) is 4.13. The van der Waals surface area contributed by atoms with Gasteiger partial charge < -0.3 is 18.9 Å². The normalized spacial score (nSPS) is 12.9. The summed E-state index contributed by atoms with van der Waals surface area (Å²) in [5.41, 5.74) is 25.1. The van der Waals surface area contributed by atoms with E-state index in [-0.39, 0.29) is 12.1 Å². The second-order valence-electron chi connectivity index (χ2n) is 21.8. The monoisotopic (exact) mass is 972 g/mol. The first-order valence-corrected chi connectivity index (χ1v) is 26.6. The van der Waals surface area contributed by atoms with Crippen LogP contribution in [0.4, 0.5) is 34.1 Å². The number of benzene rings is 11. The van der Waals surface area contributed by atoms with Gasteiger partial charge >= 0.3 is 0 Å². The van der Waals surface area contributed by atoms with Crippen LogP contribution in [0.1, 0.15) is 31.9 Å². The van der Waals surface area contributed by atoms with Crippen molar-refractivity contribution in [3.8, 4) is 33.6 Å². The van der Waals surface area contributed by atoms with E-state index in [1.54, 1.807) is 0 Å². The quantitative estimate of drug-likeness (QED) is 0.154. The third-order valence-electron chi connectivity index (χ3n) is 16.3. The third kappa shape index (κ3) is 6.71. The molecular weight excluding hydrogens is 920 g/mol. The second kappa shape index (κ2) is 16.9. The number of hydrogen-bond acceptors (Lipinski definition) is 2. The Balaban J connectivity index is 1.04. The molecule has 5 heteroatoms. The van der Waals surface area contributed by atoms with Gasteiger partial charge in [-0.1, -0.05) is 185 Å². The Labute approximate surface area is 444 Å². The van der Waals surface area contributed by atoms with Gasteiger partial charge in [-0.05, 0) is 141 Å². The smallest absolute Gasteiger partial charge is 0.252 e. The SMILES string of the molecule is Cc1cc2c3c(c1)N(c1ccc(C(C)(C)C)cc1-c1ccccc1)c1cc(-n4c5ccccc5c5ccccc54)ccc1B3c1ccc(-n3c4ccccc4c4ccccc43)cc1N2c1ccc(-c2ccccc2)cc1. The Morgan fingerprint density at radius 1 is 0.329 bits per heavy atom. The van der Waals surface area contributed by atoms with Crippen molar-refractivity contribution in [1.29, 1.82) is 0 Å². The fourth-order valence-electron chi connectivity index (χ4n) is 12.8. The van der Waals surface area contributed by atoms with E-state index in [1.807, 2.05) is 0 Å². The van der Waals surface area contributed by atoms with Crippen LogP contribution in [0.3, 0.4) is 0 Å². The van der Waals surface area contributed by atoms with Gasteiger partial charge in [0.15, 0.2) is 0 Å². The van der Waals surface area contributed by atoms with E-state index in [9.17, 15) is 0 Å². The molecule has 360 valence electrons. The van der Waals surface area contributed by atoms with E-state index in [0.29, 0.717) is 0 Å². The minimum Gasteiger partial charge on any atom is -0.311 e. The molecular formula is C71H53BN4. The van der Waals surface area contributed by atoms with Crippen LogP contribution in [-0.2, 0) is 5.41 Å². The summed E-state index contributed by atoms with van der Waals surface area (Å²) in [7, 11) is 0. The molecule has 0 spiro atoms. The number of hydrogen-bond donors (Lipinski definition) is 0. The molecule has 15 rings (SSSR count). The highest BCUT2D eigenvalue weighted by molar-refractivity contribution is 7.00. The van der Waals surface area contributed by atoms with Crippen molar-refractivity contribution in [3.63, 3.8) is 0 Å². The Morgan fingerprint density at radius 3 is 1.25 bits per heavy atom. The van der Waals surface area contributed by atoms with Gasteiger partial charge in [0.2, 0.25) is 0 Å². The molecule has 0 atom stereocenters. The molecule has 2 aliphatic rings. The molecule has 4 heterocycles. The van der Waals surface area contributed by atoms with Gasteiger partial charge in [-0.2, -0.15) is 0 Å². The van der Waals surface area contributed by atoms with Gasteiger partial charge in [0.05, 0.1) is 27.8 Å². The van der Waals surface area contributed by atoms with Crippen molar-refractivity contribution in [2.24, 2.45) is 0 Å². The van der Waals surface area contributed by atoms with Gasteiger partial charge in [0.25, 0.3) is 6.71 Å². The van der Waals surface area contributed by atoms with Gasteiger partial charge in [0.1, 0.15) is 0 Å². The van der Waals surface area contributed by atoms with Crippen molar-refractivity contribution in [3.05, 3.63) is 260 Å². The minimum absolute atomic E-state index is 0.0580. The lowest BCUT2D eigenvalue weighted by Gasteiger charge is -2.45. The lowest BCUT2D eigenvalue weighted by molar-refractivity contribution is 0.590. The van der Waals surface area contributed by atoms with Crippen molar-refractivity contribution >= 4 is 101 Å². The summed E-state index contributed by atoms with van der Waals surface area (Å²) in [4.78, 5) is 5.16. The van der Waals surface area contributed by atoms with Crippen LogP contribution in [0.25, 0.3) is 77.2 Å². The molecule has 2 aromatic heterocycles. The zero-order chi connectivity index (χ0) is 50.8. The number of fused-ring (bicyclic) bond motifs is 10. The summed E-state index contributed by atoms with van der Waals surface area (Å²) in [5.74, 6) is 0. The zero-order valence-corrected chi connectivity index (χ0v) is 43.0. The Hall–Kier alpha value is -9.32. The number of nitrogens with zero attached hydrogens (tertiary/aromatic N) is 4. The van der Waals surface area contributed by atoms with Gasteiger partial charge in [-0.25, -0.2) is 0 Å². The van der Waals surface area contributed by atoms with Crippen LogP contribution >= 0.6 is 0 Å². The van der Waals surface area contributed by atoms with E-state index in [4.69, 9.17) is 0 Å². The summed E-state index contributed by atoms with van der Waals surface area (Å²) < 4.78 is 4.93. The van der Waals surface area contributed by atoms with Crippen LogP contribution in [0, 0.1) is 6.92 Å². The van der Waals surface area contributed by atoms with Crippen LogP contribution < -0.4 is 26.2 Å². The molecule has 0 radical (unpaired) electrons. The molecule has 0 fully saturated rings. The topological polar surface area (TPSA) is 16.3 Å². The fourth-order valence-corrected chi connectivity index (χ4v) is 12.8. The first kappa shape index (κ1) is 44.2. The van der Waals surface area contributed by atoms with Crippen LogP contribution in [0.15, 0.2) is 249 Å². The average molecular weight is 973 g/mol. The summed E-state index contributed by atoms with van der Waals surface area (Å²) in [6, 6.07) is 92.9. The van der Waals surface area contributed by atoms with E-state index >= 15 is 0 Å². The predicted molar refractivity (Wildman–Crippen MR) is 323 cm³/mol. The minimum atomic E-state index is -0.0832. The van der Waals surface area contributed by atoms with Crippen molar-refractivity contribution < 1.29 is 0 Å². The molecule has 11 aromatic carbocycles. The molecule has 0 saturated heterocycles. The summed E-state index contributed by atoms with van der Waals surface area (Å²) >= 11 is 0. The van der Waals surface area contributed by atoms with Gasteiger partial charge in [-0.15, -0.1) is 0 Å².